The van der Waals surface area contributed by atoms with Crippen molar-refractivity contribution in [1.29, 1.82) is 0 Å². The maximum atomic E-state index is 5.95. The number of benzene rings is 4. The second-order valence-corrected chi connectivity index (χ2v) is 61.0. The van der Waals surface area contributed by atoms with E-state index in [4.69, 9.17) is 9.47 Å². The number of rotatable bonds is 10. The molecule has 4 aromatic rings. The van der Waals surface area contributed by atoms with Gasteiger partial charge in [-0.05, 0) is 0 Å². The van der Waals surface area contributed by atoms with Crippen LogP contribution >= 0.6 is 0 Å². The fourth-order valence-electron chi connectivity index (χ4n) is 8.69. The average molecular weight is 793 g/mol. The molecule has 2 nitrogen and oxygen atoms in total. The molecule has 0 aromatic heterocycles. The Hall–Kier alpha value is -2.95. The quantitative estimate of drug-likeness (QED) is 0.149. The SMILES string of the molecule is CC[Si](CC)=[Hf]([CH3])([CH3])([CH]1C=Cc2c(-c3ccc(OC(C)C)cc3)cccc21)[CH]1C=Cc2c(-c3ccc(OC(C)C)cc3)cccc21. The molecule has 0 amide bonds. The molecule has 4 aromatic carbocycles. The number of hydrogen-bond acceptors (Lipinski definition) is 2. The van der Waals surface area contributed by atoms with E-state index >= 15 is 0 Å². The predicted molar refractivity (Wildman–Crippen MR) is 197 cm³/mol. The Kier molecular flexibility index (Phi) is 9.26. The fraction of sp³-hybridized carbons (Fsp3) is 0.333. The van der Waals surface area contributed by atoms with Crippen LogP contribution in [0.3, 0.4) is 0 Å². The number of fused-ring (bicyclic) bond motifs is 2. The molecule has 2 aliphatic carbocycles. The molecule has 2 atom stereocenters. The van der Waals surface area contributed by atoms with Gasteiger partial charge < -0.3 is 0 Å². The van der Waals surface area contributed by atoms with Crippen LogP contribution < -0.4 is 9.47 Å². The average Bonchev–Trinajstić information content (AvgIpc) is 3.68. The van der Waals surface area contributed by atoms with Crippen molar-refractivity contribution in [2.24, 2.45) is 0 Å². The first-order valence-corrected chi connectivity index (χ1v) is 35.9. The van der Waals surface area contributed by atoms with E-state index in [0.29, 0.717) is 7.35 Å². The molecule has 0 radical (unpaired) electrons. The van der Waals surface area contributed by atoms with Crippen molar-refractivity contribution in [3.63, 3.8) is 0 Å². The summed E-state index contributed by atoms with van der Waals surface area (Å²) in [6.45, 7) is 13.3. The van der Waals surface area contributed by atoms with Crippen LogP contribution in [-0.2, 0) is 17.1 Å². The van der Waals surface area contributed by atoms with Gasteiger partial charge in [0.25, 0.3) is 0 Å². The number of hydrogen-bond donors (Lipinski definition) is 0. The zero-order valence-electron chi connectivity index (χ0n) is 28.9. The van der Waals surface area contributed by atoms with E-state index in [1.54, 1.807) is 11.1 Å². The molecule has 4 heteroatoms. The Morgan fingerprint density at radius 2 is 0.978 bits per heavy atom. The first-order valence-electron chi connectivity index (χ1n) is 17.3. The van der Waals surface area contributed by atoms with Gasteiger partial charge >= 0.3 is 280 Å². The Bertz CT molecular complexity index is 1740. The van der Waals surface area contributed by atoms with E-state index in [2.05, 4.69) is 160 Å². The molecule has 2 unspecified atom stereocenters. The van der Waals surface area contributed by atoms with Gasteiger partial charge in [0.05, 0.1) is 0 Å². The summed E-state index contributed by atoms with van der Waals surface area (Å²) in [5, 5.41) is 0. The first kappa shape index (κ1) is 33.0. The molecule has 46 heavy (non-hydrogen) atoms. The van der Waals surface area contributed by atoms with Crippen LogP contribution in [0.4, 0.5) is 0 Å². The molecule has 0 spiro atoms. The monoisotopic (exact) mass is 794 g/mol. The maximum absolute atomic E-state index is 5.95. The van der Waals surface area contributed by atoms with Gasteiger partial charge in [-0.2, -0.15) is 0 Å². The van der Waals surface area contributed by atoms with Crippen LogP contribution in [-0.4, -0.2) is 17.7 Å². The van der Waals surface area contributed by atoms with Crippen molar-refractivity contribution in [2.75, 3.05) is 0 Å². The Morgan fingerprint density at radius 3 is 1.33 bits per heavy atom. The van der Waals surface area contributed by atoms with Crippen LogP contribution in [0.2, 0.25) is 21.4 Å². The van der Waals surface area contributed by atoms with E-state index in [-0.39, 0.29) is 12.2 Å². The van der Waals surface area contributed by atoms with Crippen molar-refractivity contribution in [3.05, 3.63) is 119 Å². The van der Waals surface area contributed by atoms with Gasteiger partial charge in [0.1, 0.15) is 0 Å². The zero-order valence-corrected chi connectivity index (χ0v) is 33.5. The van der Waals surface area contributed by atoms with Crippen molar-refractivity contribution in [3.8, 4) is 33.8 Å². The third kappa shape index (κ3) is 5.74. The number of ether oxygens (including phenoxy) is 2. The van der Waals surface area contributed by atoms with Gasteiger partial charge in [0, 0.05) is 0 Å². The molecule has 0 heterocycles. The molecule has 0 fully saturated rings. The summed E-state index contributed by atoms with van der Waals surface area (Å²) in [5.41, 5.74) is 10.5. The molecule has 0 aliphatic heterocycles. The molecule has 6 rings (SSSR count). The summed E-state index contributed by atoms with van der Waals surface area (Å²) < 4.78 is 18.7. The fourth-order valence-corrected chi connectivity index (χ4v) is 65.0. The van der Waals surface area contributed by atoms with Gasteiger partial charge in [0.15, 0.2) is 0 Å². The van der Waals surface area contributed by atoms with Gasteiger partial charge in [-0.15, -0.1) is 0 Å². The summed E-state index contributed by atoms with van der Waals surface area (Å²) in [5.74, 6) is 1.86. The molecule has 0 saturated heterocycles. The van der Waals surface area contributed by atoms with Crippen molar-refractivity contribution in [1.82, 2.24) is 0 Å². The third-order valence-corrected chi connectivity index (χ3v) is 68.9. The van der Waals surface area contributed by atoms with Crippen molar-refractivity contribution < 1.29 is 26.6 Å². The molecule has 0 saturated carbocycles. The number of allylic oxidation sites excluding steroid dienone is 2. The van der Waals surface area contributed by atoms with Gasteiger partial charge in [-0.3, -0.25) is 0 Å². The molecule has 2 aliphatic rings. The molecule has 0 bridgehead atoms. The second-order valence-electron chi connectivity index (χ2n) is 14.6. The molecule has 0 N–H and O–H groups in total. The van der Waals surface area contributed by atoms with E-state index < -0.39 is 22.6 Å². The molecule has 238 valence electrons. The second kappa shape index (κ2) is 12.9. The van der Waals surface area contributed by atoms with Crippen molar-refractivity contribution in [2.45, 2.75) is 82.5 Å². The van der Waals surface area contributed by atoms with E-state index in [0.717, 1.165) is 11.5 Å². The van der Waals surface area contributed by atoms with E-state index in [9.17, 15) is 0 Å². The predicted octanol–water partition coefficient (Wildman–Crippen LogP) is 12.2. The molecular weight excluding hydrogens is 743 g/mol. The summed E-state index contributed by atoms with van der Waals surface area (Å²) in [4.78, 5) is 0. The van der Waals surface area contributed by atoms with Crippen molar-refractivity contribution >= 4 is 17.6 Å². The zero-order chi connectivity index (χ0) is 32.7. The van der Waals surface area contributed by atoms with Gasteiger partial charge in [-0.1, -0.05) is 0 Å². The first-order chi connectivity index (χ1) is 22.0. The Morgan fingerprint density at radius 1 is 0.587 bits per heavy atom. The van der Waals surface area contributed by atoms with E-state index in [1.165, 1.54) is 45.5 Å². The van der Waals surface area contributed by atoms with Gasteiger partial charge in [0.2, 0.25) is 0 Å². The summed E-state index contributed by atoms with van der Waals surface area (Å²) in [6, 6.07) is 34.2. The third-order valence-electron chi connectivity index (χ3n) is 10.8. The Balaban J connectivity index is 1.44. The van der Waals surface area contributed by atoms with Crippen LogP contribution in [0.25, 0.3) is 34.4 Å². The van der Waals surface area contributed by atoms with Gasteiger partial charge in [-0.25, -0.2) is 0 Å². The van der Waals surface area contributed by atoms with E-state index in [1.807, 2.05) is 0 Å². The summed E-state index contributed by atoms with van der Waals surface area (Å²) >= 11 is -3.85. The Labute approximate surface area is 278 Å². The van der Waals surface area contributed by atoms with Crippen LogP contribution in [0.5, 0.6) is 11.5 Å². The minimum atomic E-state index is -3.85. The minimum absolute atomic E-state index is 0.172. The standard InChI is InChI=1S/2C18H17O.C4H10Si.2CH3.Hf/c2*1-13(2)19-16-11-9-15(10-12-16)18-8-4-6-14-5-3-7-17(14)18;1-3-5-4-2;;;/h2*3-13H,1-2H3;3-4H2,1-2H3;2*1H3;. The summed E-state index contributed by atoms with van der Waals surface area (Å²) in [6.07, 6.45) is 10.6. The normalized spacial score (nSPS) is 17.0. The van der Waals surface area contributed by atoms with Crippen LogP contribution in [0.15, 0.2) is 97.1 Å². The topological polar surface area (TPSA) is 18.5 Å². The van der Waals surface area contributed by atoms with Crippen LogP contribution in [0, 0.1) is 0 Å². The summed E-state index contributed by atoms with van der Waals surface area (Å²) in [7, 11) is 0. The van der Waals surface area contributed by atoms with Crippen LogP contribution in [0.1, 0.15) is 71.1 Å². The molecular formula is C42H50HfO2Si.